The van der Waals surface area contributed by atoms with Crippen molar-refractivity contribution in [2.45, 2.75) is 26.3 Å². The molecule has 6 heteroatoms. The van der Waals surface area contributed by atoms with Gasteiger partial charge in [0, 0.05) is 6.92 Å². The lowest BCUT2D eigenvalue weighted by atomic mass is 10.0. The molecule has 0 heterocycles. The van der Waals surface area contributed by atoms with Crippen molar-refractivity contribution < 1.29 is 23.9 Å². The van der Waals surface area contributed by atoms with Crippen molar-refractivity contribution in [1.82, 2.24) is 5.32 Å². The molecule has 0 aromatic carbocycles. The van der Waals surface area contributed by atoms with E-state index in [4.69, 9.17) is 0 Å². The van der Waals surface area contributed by atoms with Crippen molar-refractivity contribution >= 4 is 17.8 Å². The van der Waals surface area contributed by atoms with Gasteiger partial charge < -0.3 is 14.8 Å². The van der Waals surface area contributed by atoms with E-state index in [0.29, 0.717) is 0 Å². The molecular formula is C10H17NO5. The van der Waals surface area contributed by atoms with Crippen molar-refractivity contribution in [3.05, 3.63) is 0 Å². The van der Waals surface area contributed by atoms with E-state index in [-0.39, 0.29) is 12.3 Å². The van der Waals surface area contributed by atoms with Crippen LogP contribution >= 0.6 is 0 Å². The molecule has 0 rings (SSSR count). The van der Waals surface area contributed by atoms with Gasteiger partial charge in [-0.3, -0.25) is 9.59 Å². The van der Waals surface area contributed by atoms with Crippen LogP contribution in [0.5, 0.6) is 0 Å². The smallest absolute Gasteiger partial charge is 0.328 e. The lowest BCUT2D eigenvalue weighted by Gasteiger charge is -2.18. The van der Waals surface area contributed by atoms with E-state index < -0.39 is 23.9 Å². The van der Waals surface area contributed by atoms with Crippen LogP contribution in [0, 0.1) is 5.92 Å². The zero-order chi connectivity index (χ0) is 12.7. The van der Waals surface area contributed by atoms with E-state index >= 15 is 0 Å². The van der Waals surface area contributed by atoms with Crippen molar-refractivity contribution in [2.24, 2.45) is 5.92 Å². The fourth-order valence-corrected chi connectivity index (χ4v) is 1.25. The Morgan fingerprint density at radius 1 is 1.12 bits per heavy atom. The third-order valence-corrected chi connectivity index (χ3v) is 2.06. The minimum absolute atomic E-state index is 0.152. The molecule has 0 aliphatic heterocycles. The van der Waals surface area contributed by atoms with Gasteiger partial charge in [0.05, 0.1) is 20.1 Å². The summed E-state index contributed by atoms with van der Waals surface area (Å²) in [6.07, 6.45) is 0.152. The van der Waals surface area contributed by atoms with E-state index in [0.717, 1.165) is 0 Å². The quantitative estimate of drug-likeness (QED) is 0.666. The van der Waals surface area contributed by atoms with Crippen molar-refractivity contribution in [3.8, 4) is 0 Å². The number of hydrogen-bond acceptors (Lipinski definition) is 5. The highest BCUT2D eigenvalue weighted by molar-refractivity contribution is 5.84. The third-order valence-electron chi connectivity index (χ3n) is 2.06. The first kappa shape index (κ1) is 14.4. The summed E-state index contributed by atoms with van der Waals surface area (Å²) in [6.45, 7) is 2.91. The lowest BCUT2D eigenvalue weighted by Crippen LogP contribution is -2.42. The van der Waals surface area contributed by atoms with Crippen LogP contribution in [0.4, 0.5) is 0 Å². The average Bonchev–Trinajstić information content (AvgIpc) is 2.25. The number of methoxy groups -OCH3 is 2. The van der Waals surface area contributed by atoms with Gasteiger partial charge in [0.25, 0.3) is 0 Å². The van der Waals surface area contributed by atoms with Gasteiger partial charge in [-0.25, -0.2) is 4.79 Å². The normalized spacial score (nSPS) is 13.5. The van der Waals surface area contributed by atoms with Gasteiger partial charge in [0.2, 0.25) is 5.91 Å². The van der Waals surface area contributed by atoms with Gasteiger partial charge >= 0.3 is 11.9 Å². The number of nitrogens with one attached hydrogen (secondary N) is 1. The van der Waals surface area contributed by atoms with Crippen molar-refractivity contribution in [3.63, 3.8) is 0 Å². The predicted molar refractivity (Wildman–Crippen MR) is 55.4 cm³/mol. The van der Waals surface area contributed by atoms with Gasteiger partial charge in [-0.1, -0.05) is 6.92 Å². The topological polar surface area (TPSA) is 81.7 Å². The molecule has 2 atom stereocenters. The van der Waals surface area contributed by atoms with Gasteiger partial charge in [-0.05, 0) is 6.42 Å². The Labute approximate surface area is 94.3 Å². The van der Waals surface area contributed by atoms with Crippen LogP contribution in [0.25, 0.3) is 0 Å². The fourth-order valence-electron chi connectivity index (χ4n) is 1.25. The number of ether oxygens (including phenoxy) is 2. The molecule has 0 spiro atoms. The second-order valence-corrected chi connectivity index (χ2v) is 3.44. The molecule has 6 nitrogen and oxygen atoms in total. The Kier molecular flexibility index (Phi) is 6.14. The molecule has 0 radical (unpaired) electrons. The van der Waals surface area contributed by atoms with E-state index in [1.165, 1.54) is 21.1 Å². The first-order valence-corrected chi connectivity index (χ1v) is 4.85. The number of rotatable bonds is 5. The van der Waals surface area contributed by atoms with Gasteiger partial charge in [-0.15, -0.1) is 0 Å². The third kappa shape index (κ3) is 4.77. The number of amides is 1. The summed E-state index contributed by atoms with van der Waals surface area (Å²) in [5.74, 6) is -1.85. The summed E-state index contributed by atoms with van der Waals surface area (Å²) in [6, 6.07) is -0.823. The molecule has 0 bridgehead atoms. The van der Waals surface area contributed by atoms with E-state index in [9.17, 15) is 14.4 Å². The molecule has 0 aromatic heterocycles. The summed E-state index contributed by atoms with van der Waals surface area (Å²) in [5.41, 5.74) is 0. The Hall–Kier alpha value is -1.59. The number of hydrogen-bond donors (Lipinski definition) is 1. The Morgan fingerprint density at radius 2 is 1.62 bits per heavy atom. The van der Waals surface area contributed by atoms with Crippen LogP contribution in [0.1, 0.15) is 20.3 Å². The summed E-state index contributed by atoms with van der Waals surface area (Å²) in [4.78, 5) is 33.3. The first-order chi connectivity index (χ1) is 7.42. The van der Waals surface area contributed by atoms with Crippen LogP contribution in [0.2, 0.25) is 0 Å². The van der Waals surface area contributed by atoms with Crippen LogP contribution in [-0.4, -0.2) is 38.1 Å². The van der Waals surface area contributed by atoms with Crippen molar-refractivity contribution in [1.29, 1.82) is 0 Å². The Bertz CT molecular complexity index is 276. The van der Waals surface area contributed by atoms with Gasteiger partial charge in [0.15, 0.2) is 0 Å². The van der Waals surface area contributed by atoms with E-state index in [1.54, 1.807) is 6.92 Å². The summed E-state index contributed by atoms with van der Waals surface area (Å²) in [7, 11) is 2.49. The molecule has 0 unspecified atom stereocenters. The number of esters is 2. The van der Waals surface area contributed by atoms with Crippen LogP contribution in [0.3, 0.4) is 0 Å². The highest BCUT2D eigenvalue weighted by atomic mass is 16.5. The largest absolute Gasteiger partial charge is 0.469 e. The summed E-state index contributed by atoms with van der Waals surface area (Å²) >= 11 is 0. The molecule has 0 fully saturated rings. The molecule has 0 aliphatic carbocycles. The molecule has 0 aromatic rings. The fraction of sp³-hybridized carbons (Fsp3) is 0.700. The molecular weight excluding hydrogens is 214 g/mol. The zero-order valence-electron chi connectivity index (χ0n) is 9.90. The van der Waals surface area contributed by atoms with Crippen LogP contribution in [0.15, 0.2) is 0 Å². The zero-order valence-corrected chi connectivity index (χ0v) is 9.90. The Morgan fingerprint density at radius 3 is 2.00 bits per heavy atom. The summed E-state index contributed by atoms with van der Waals surface area (Å²) < 4.78 is 9.05. The monoisotopic (exact) mass is 231 g/mol. The molecule has 0 saturated heterocycles. The minimum atomic E-state index is -0.823. The second-order valence-electron chi connectivity index (χ2n) is 3.44. The Balaban J connectivity index is 4.47. The van der Waals surface area contributed by atoms with Gasteiger partial charge in [-0.2, -0.15) is 0 Å². The second kappa shape index (κ2) is 6.81. The maximum absolute atomic E-state index is 11.3. The van der Waals surface area contributed by atoms with Crippen LogP contribution in [-0.2, 0) is 23.9 Å². The minimum Gasteiger partial charge on any atom is -0.469 e. The standard InChI is InChI=1S/C10H17NO5/c1-6(9(13)15-3)5-8(10(14)16-4)11-7(2)12/h6,8H,5H2,1-4H3,(H,11,12)/t6-,8+/m0/s1. The maximum Gasteiger partial charge on any atom is 0.328 e. The highest BCUT2D eigenvalue weighted by Crippen LogP contribution is 2.09. The van der Waals surface area contributed by atoms with E-state index in [1.807, 2.05) is 0 Å². The van der Waals surface area contributed by atoms with E-state index in [2.05, 4.69) is 14.8 Å². The summed E-state index contributed by atoms with van der Waals surface area (Å²) in [5, 5.41) is 2.42. The molecule has 0 aliphatic rings. The lowest BCUT2D eigenvalue weighted by molar-refractivity contribution is -0.148. The number of carbonyl (C=O) groups is 3. The average molecular weight is 231 g/mol. The molecule has 1 N–H and O–H groups in total. The highest BCUT2D eigenvalue weighted by Gasteiger charge is 2.26. The van der Waals surface area contributed by atoms with Gasteiger partial charge in [0.1, 0.15) is 6.04 Å². The SMILES string of the molecule is COC(=O)[C@@H](C)C[C@@H](NC(C)=O)C(=O)OC. The predicted octanol–water partition coefficient (Wildman–Crippen LogP) is -0.137. The molecule has 92 valence electrons. The number of carbonyl (C=O) groups excluding carboxylic acids is 3. The first-order valence-electron chi connectivity index (χ1n) is 4.85. The molecule has 1 amide bonds. The molecule has 16 heavy (non-hydrogen) atoms. The molecule has 0 saturated carbocycles. The maximum atomic E-state index is 11.3. The van der Waals surface area contributed by atoms with Crippen molar-refractivity contribution in [2.75, 3.05) is 14.2 Å². The van der Waals surface area contributed by atoms with Crippen LogP contribution < -0.4 is 5.32 Å².